The Hall–Kier alpha value is -0.880. The minimum atomic E-state index is -0.585. The fourth-order valence-electron chi connectivity index (χ4n) is 1.22. The van der Waals surface area contributed by atoms with Crippen LogP contribution >= 0.6 is 24.8 Å². The lowest BCUT2D eigenvalue weighted by atomic mass is 10.2. The molecule has 0 aliphatic rings. The van der Waals surface area contributed by atoms with Crippen molar-refractivity contribution in [1.82, 2.24) is 10.3 Å². The van der Waals surface area contributed by atoms with Gasteiger partial charge in [0, 0.05) is 32.1 Å². The van der Waals surface area contributed by atoms with Gasteiger partial charge in [0.1, 0.15) is 6.10 Å². The third-order valence-corrected chi connectivity index (χ3v) is 2.23. The first-order chi connectivity index (χ1) is 7.67. The Bertz CT molecular complexity index is 343. The summed E-state index contributed by atoms with van der Waals surface area (Å²) in [7, 11) is 1.46. The Morgan fingerprint density at radius 2 is 2.17 bits per heavy atom. The van der Waals surface area contributed by atoms with Crippen molar-refractivity contribution >= 4 is 30.7 Å². The molecule has 1 aromatic heterocycles. The van der Waals surface area contributed by atoms with E-state index >= 15 is 0 Å². The summed E-state index contributed by atoms with van der Waals surface area (Å²) in [6.07, 6.45) is 1.15. The molecule has 0 bridgehead atoms. The molecule has 1 unspecified atom stereocenters. The van der Waals surface area contributed by atoms with Crippen LogP contribution < -0.4 is 11.1 Å². The molecule has 0 spiro atoms. The maximum Gasteiger partial charge on any atom is 0.250 e. The summed E-state index contributed by atoms with van der Waals surface area (Å²) in [4.78, 5) is 15.6. The monoisotopic (exact) mass is 295 g/mol. The second-order valence-electron chi connectivity index (χ2n) is 3.49. The lowest BCUT2D eigenvalue weighted by molar-refractivity contribution is -0.130. The second-order valence-corrected chi connectivity index (χ2v) is 3.49. The second kappa shape index (κ2) is 10.1. The smallest absolute Gasteiger partial charge is 0.250 e. The lowest BCUT2D eigenvalue weighted by Crippen LogP contribution is -2.40. The zero-order chi connectivity index (χ0) is 12.0. The lowest BCUT2D eigenvalue weighted by Gasteiger charge is -2.12. The van der Waals surface area contributed by atoms with Crippen LogP contribution in [0.5, 0.6) is 0 Å². The SMILES string of the molecule is COC(CN)C(=O)NCc1ccc(C)nc1.Cl.Cl. The van der Waals surface area contributed by atoms with Crippen LogP contribution in [-0.2, 0) is 16.1 Å². The molecule has 5 nitrogen and oxygen atoms in total. The summed E-state index contributed by atoms with van der Waals surface area (Å²) in [6.45, 7) is 2.53. The fraction of sp³-hybridized carbons (Fsp3) is 0.455. The van der Waals surface area contributed by atoms with E-state index < -0.39 is 6.10 Å². The number of hydrogen-bond donors (Lipinski definition) is 2. The van der Waals surface area contributed by atoms with E-state index in [9.17, 15) is 4.79 Å². The highest BCUT2D eigenvalue weighted by molar-refractivity contribution is 5.85. The van der Waals surface area contributed by atoms with Gasteiger partial charge in [0.2, 0.25) is 0 Å². The molecule has 1 aromatic rings. The van der Waals surface area contributed by atoms with Crippen molar-refractivity contribution in [1.29, 1.82) is 0 Å². The first-order valence-electron chi connectivity index (χ1n) is 5.09. The molecule has 104 valence electrons. The van der Waals surface area contributed by atoms with Crippen LogP contribution in [0.25, 0.3) is 0 Å². The van der Waals surface area contributed by atoms with Gasteiger partial charge in [-0.3, -0.25) is 9.78 Å². The van der Waals surface area contributed by atoms with Gasteiger partial charge in [-0.2, -0.15) is 0 Å². The number of nitrogens with two attached hydrogens (primary N) is 1. The summed E-state index contributed by atoms with van der Waals surface area (Å²) in [5, 5.41) is 2.74. The van der Waals surface area contributed by atoms with Gasteiger partial charge < -0.3 is 15.8 Å². The molecule has 0 aromatic carbocycles. The standard InChI is InChI=1S/C11H17N3O2.2ClH/c1-8-3-4-9(6-13-8)7-14-11(15)10(5-12)16-2;;/h3-4,6,10H,5,7,12H2,1-2H3,(H,14,15);2*1H. The average Bonchev–Trinajstić information content (AvgIpc) is 2.30. The highest BCUT2D eigenvalue weighted by Crippen LogP contribution is 1.99. The van der Waals surface area contributed by atoms with Gasteiger partial charge in [0.05, 0.1) is 0 Å². The Kier molecular flexibility index (Phi) is 10.9. The number of methoxy groups -OCH3 is 1. The number of carbonyl (C=O) groups is 1. The van der Waals surface area contributed by atoms with Crippen molar-refractivity contribution < 1.29 is 9.53 Å². The van der Waals surface area contributed by atoms with E-state index in [1.54, 1.807) is 6.20 Å². The largest absolute Gasteiger partial charge is 0.370 e. The zero-order valence-corrected chi connectivity index (χ0v) is 12.0. The van der Waals surface area contributed by atoms with E-state index in [0.29, 0.717) is 6.54 Å². The predicted molar refractivity (Wildman–Crippen MR) is 75.2 cm³/mol. The van der Waals surface area contributed by atoms with Crippen molar-refractivity contribution in [2.45, 2.75) is 19.6 Å². The minimum absolute atomic E-state index is 0. The van der Waals surface area contributed by atoms with Gasteiger partial charge >= 0.3 is 0 Å². The van der Waals surface area contributed by atoms with Gasteiger partial charge in [0.15, 0.2) is 0 Å². The van der Waals surface area contributed by atoms with Gasteiger partial charge in [-0.1, -0.05) is 6.07 Å². The Morgan fingerprint density at radius 3 is 2.61 bits per heavy atom. The molecule has 0 aliphatic carbocycles. The molecule has 3 N–H and O–H groups in total. The third kappa shape index (κ3) is 6.16. The summed E-state index contributed by atoms with van der Waals surface area (Å²) in [5.74, 6) is -0.203. The zero-order valence-electron chi connectivity index (χ0n) is 10.4. The molecule has 7 heteroatoms. The summed E-state index contributed by atoms with van der Waals surface area (Å²) in [5.41, 5.74) is 7.28. The predicted octanol–water partition coefficient (Wildman–Crippen LogP) is 0.824. The van der Waals surface area contributed by atoms with E-state index in [0.717, 1.165) is 11.3 Å². The van der Waals surface area contributed by atoms with Gasteiger partial charge in [0.25, 0.3) is 5.91 Å². The quantitative estimate of drug-likeness (QED) is 0.843. The van der Waals surface area contributed by atoms with Gasteiger partial charge in [-0.15, -0.1) is 24.8 Å². The number of aryl methyl sites for hydroxylation is 1. The summed E-state index contributed by atoms with van der Waals surface area (Å²) < 4.78 is 4.92. The van der Waals surface area contributed by atoms with E-state index in [1.807, 2.05) is 19.1 Å². The van der Waals surface area contributed by atoms with Crippen LogP contribution in [0.2, 0.25) is 0 Å². The number of nitrogens with one attached hydrogen (secondary N) is 1. The molecule has 0 aliphatic heterocycles. The van der Waals surface area contributed by atoms with Crippen molar-refractivity contribution in [3.8, 4) is 0 Å². The minimum Gasteiger partial charge on any atom is -0.370 e. The van der Waals surface area contributed by atoms with Crippen LogP contribution in [0.15, 0.2) is 18.3 Å². The van der Waals surface area contributed by atoms with Crippen molar-refractivity contribution in [2.24, 2.45) is 5.73 Å². The first-order valence-corrected chi connectivity index (χ1v) is 5.09. The molecule has 0 saturated heterocycles. The Balaban J connectivity index is 0. The number of hydrogen-bond acceptors (Lipinski definition) is 4. The van der Waals surface area contributed by atoms with Gasteiger partial charge in [-0.25, -0.2) is 0 Å². The maximum absolute atomic E-state index is 11.5. The van der Waals surface area contributed by atoms with Crippen LogP contribution in [0, 0.1) is 6.92 Å². The van der Waals surface area contributed by atoms with Crippen LogP contribution in [0.1, 0.15) is 11.3 Å². The fourth-order valence-corrected chi connectivity index (χ4v) is 1.22. The van der Waals surface area contributed by atoms with E-state index in [1.165, 1.54) is 7.11 Å². The van der Waals surface area contributed by atoms with Crippen LogP contribution in [0.4, 0.5) is 0 Å². The van der Waals surface area contributed by atoms with Crippen LogP contribution in [0.3, 0.4) is 0 Å². The molecule has 1 atom stereocenters. The van der Waals surface area contributed by atoms with E-state index in [-0.39, 0.29) is 37.3 Å². The number of pyridine rings is 1. The van der Waals surface area contributed by atoms with Gasteiger partial charge in [-0.05, 0) is 18.6 Å². The summed E-state index contributed by atoms with van der Waals surface area (Å²) >= 11 is 0. The number of rotatable bonds is 5. The summed E-state index contributed by atoms with van der Waals surface area (Å²) in [6, 6.07) is 3.82. The number of aromatic nitrogens is 1. The average molecular weight is 296 g/mol. The molecule has 1 rings (SSSR count). The maximum atomic E-state index is 11.5. The molecule has 0 saturated carbocycles. The highest BCUT2D eigenvalue weighted by atomic mass is 35.5. The highest BCUT2D eigenvalue weighted by Gasteiger charge is 2.14. The molecule has 18 heavy (non-hydrogen) atoms. The third-order valence-electron chi connectivity index (χ3n) is 2.23. The van der Waals surface area contributed by atoms with E-state index in [4.69, 9.17) is 10.5 Å². The first kappa shape index (κ1) is 19.5. The van der Waals surface area contributed by atoms with Crippen molar-refractivity contribution in [3.63, 3.8) is 0 Å². The number of amides is 1. The van der Waals surface area contributed by atoms with Crippen LogP contribution in [-0.4, -0.2) is 30.6 Å². The molecule has 0 fully saturated rings. The Morgan fingerprint density at radius 1 is 1.50 bits per heavy atom. The number of ether oxygens (including phenoxy) is 1. The number of halogens is 2. The molecular weight excluding hydrogens is 277 g/mol. The number of nitrogens with zero attached hydrogens (tertiary/aromatic N) is 1. The van der Waals surface area contributed by atoms with Crippen molar-refractivity contribution in [2.75, 3.05) is 13.7 Å². The topological polar surface area (TPSA) is 77.2 Å². The Labute approximate surface area is 119 Å². The van der Waals surface area contributed by atoms with Crippen molar-refractivity contribution in [3.05, 3.63) is 29.6 Å². The van der Waals surface area contributed by atoms with E-state index in [2.05, 4.69) is 10.3 Å². The normalized spacial score (nSPS) is 10.8. The molecule has 1 heterocycles. The molecule has 1 amide bonds. The number of carbonyl (C=O) groups excluding carboxylic acids is 1. The molecular formula is C11H19Cl2N3O2. The molecule has 0 radical (unpaired) electrons.